The number of hydrogen-bond donors (Lipinski definition) is 1. The molecule has 26 heavy (non-hydrogen) atoms. The van der Waals surface area contributed by atoms with Gasteiger partial charge in [0.25, 0.3) is 0 Å². The lowest BCUT2D eigenvalue weighted by Crippen LogP contribution is -2.49. The van der Waals surface area contributed by atoms with Crippen LogP contribution < -0.4 is 10.6 Å². The van der Waals surface area contributed by atoms with E-state index in [0.29, 0.717) is 11.3 Å². The highest BCUT2D eigenvalue weighted by atomic mass is 79.9. The summed E-state index contributed by atoms with van der Waals surface area (Å²) in [5, 5.41) is 0.192. The molecule has 0 bridgehead atoms. The smallest absolute Gasteiger partial charge is 0.337 e. The van der Waals surface area contributed by atoms with E-state index in [0.717, 1.165) is 36.1 Å². The van der Waals surface area contributed by atoms with Crippen LogP contribution in [0, 0.1) is 0 Å². The molecule has 2 rings (SSSR count). The van der Waals surface area contributed by atoms with Crippen molar-refractivity contribution in [3.05, 3.63) is 22.2 Å². The molecule has 1 aromatic rings. The van der Waals surface area contributed by atoms with Gasteiger partial charge < -0.3 is 19.8 Å². The van der Waals surface area contributed by atoms with Crippen molar-refractivity contribution in [1.29, 1.82) is 0 Å². The molecule has 1 saturated heterocycles. The first-order valence-electron chi connectivity index (χ1n) is 9.06. The number of carbonyl (C=O) groups excluding carboxylic acids is 1. The first-order chi connectivity index (χ1) is 12.0. The van der Waals surface area contributed by atoms with E-state index in [9.17, 15) is 4.79 Å². The number of piperidine rings is 1. The maximum Gasteiger partial charge on any atom is 0.337 e. The standard InChI is InChI=1S/C19H31BrN2O3Si/c1-19(2,3)26(5,6)25-14-8-7-9-22(12-14)17-15(20)10-13(11-16(17)21)18(23)24-4/h10-11,14H,7-9,12,21H2,1-6H3/t14-/m0/s1. The van der Waals surface area contributed by atoms with Gasteiger partial charge >= 0.3 is 5.97 Å². The van der Waals surface area contributed by atoms with E-state index in [-0.39, 0.29) is 17.1 Å². The van der Waals surface area contributed by atoms with Crippen LogP contribution in [0.3, 0.4) is 0 Å². The zero-order chi connectivity index (χ0) is 19.7. The van der Waals surface area contributed by atoms with Crippen molar-refractivity contribution >= 4 is 41.6 Å². The van der Waals surface area contributed by atoms with Crippen LogP contribution in [-0.4, -0.2) is 40.6 Å². The van der Waals surface area contributed by atoms with Crippen LogP contribution in [0.2, 0.25) is 18.1 Å². The largest absolute Gasteiger partial charge is 0.465 e. The van der Waals surface area contributed by atoms with Crippen LogP contribution in [0.5, 0.6) is 0 Å². The summed E-state index contributed by atoms with van der Waals surface area (Å²) < 4.78 is 12.2. The van der Waals surface area contributed by atoms with Gasteiger partial charge in [-0.1, -0.05) is 20.8 Å². The van der Waals surface area contributed by atoms with Gasteiger partial charge in [-0.2, -0.15) is 0 Å². The Morgan fingerprint density at radius 3 is 2.54 bits per heavy atom. The molecule has 2 N–H and O–H groups in total. The fourth-order valence-electron chi connectivity index (χ4n) is 3.02. The number of anilines is 2. The fraction of sp³-hybridized carbons (Fsp3) is 0.632. The molecule has 0 saturated carbocycles. The Labute approximate surface area is 166 Å². The lowest BCUT2D eigenvalue weighted by atomic mass is 10.1. The summed E-state index contributed by atoms with van der Waals surface area (Å²) in [7, 11) is -0.441. The fourth-order valence-corrected chi connectivity index (χ4v) is 5.13. The molecule has 0 aromatic heterocycles. The van der Waals surface area contributed by atoms with E-state index in [1.165, 1.54) is 7.11 Å². The normalized spacial score (nSPS) is 18.7. The number of benzene rings is 1. The Balaban J connectivity index is 2.21. The van der Waals surface area contributed by atoms with Gasteiger partial charge in [0.1, 0.15) is 0 Å². The Morgan fingerprint density at radius 2 is 2.00 bits per heavy atom. The number of esters is 1. The summed E-state index contributed by atoms with van der Waals surface area (Å²) in [5.74, 6) is -0.387. The minimum Gasteiger partial charge on any atom is -0.465 e. The zero-order valence-electron chi connectivity index (χ0n) is 16.7. The number of halogens is 1. The second kappa shape index (κ2) is 7.90. The Morgan fingerprint density at radius 1 is 1.35 bits per heavy atom. The summed E-state index contributed by atoms with van der Waals surface area (Å²) in [6.07, 6.45) is 2.33. The van der Waals surface area contributed by atoms with Gasteiger partial charge in [0.2, 0.25) is 0 Å². The van der Waals surface area contributed by atoms with Crippen LogP contribution in [0.15, 0.2) is 16.6 Å². The van der Waals surface area contributed by atoms with Crippen molar-refractivity contribution < 1.29 is 14.0 Å². The molecule has 7 heteroatoms. The van der Waals surface area contributed by atoms with Gasteiger partial charge in [-0.3, -0.25) is 0 Å². The molecular formula is C19H31BrN2O3Si. The minimum atomic E-state index is -1.81. The van der Waals surface area contributed by atoms with E-state index < -0.39 is 8.32 Å². The van der Waals surface area contributed by atoms with Crippen molar-refractivity contribution in [2.75, 3.05) is 30.8 Å². The van der Waals surface area contributed by atoms with Crippen molar-refractivity contribution in [1.82, 2.24) is 0 Å². The number of rotatable bonds is 4. The van der Waals surface area contributed by atoms with E-state index in [1.807, 2.05) is 0 Å². The summed E-state index contributed by atoms with van der Waals surface area (Å²) in [5.41, 5.74) is 8.23. The predicted molar refractivity (Wildman–Crippen MR) is 113 cm³/mol. The van der Waals surface area contributed by atoms with Crippen LogP contribution in [0.4, 0.5) is 11.4 Å². The van der Waals surface area contributed by atoms with E-state index in [1.54, 1.807) is 12.1 Å². The molecule has 0 aliphatic carbocycles. The average molecular weight is 443 g/mol. The third kappa shape index (κ3) is 4.61. The summed E-state index contributed by atoms with van der Waals surface area (Å²) in [6.45, 7) is 13.1. The molecule has 0 spiro atoms. The van der Waals surface area contributed by atoms with E-state index >= 15 is 0 Å². The molecule has 1 aliphatic rings. The maximum absolute atomic E-state index is 11.8. The summed E-state index contributed by atoms with van der Waals surface area (Å²) in [4.78, 5) is 14.0. The first-order valence-corrected chi connectivity index (χ1v) is 12.8. The van der Waals surface area contributed by atoms with Gasteiger partial charge in [-0.25, -0.2) is 4.79 Å². The molecular weight excluding hydrogens is 412 g/mol. The van der Waals surface area contributed by atoms with Crippen LogP contribution in [-0.2, 0) is 9.16 Å². The first kappa shape index (κ1) is 21.2. The molecule has 1 fully saturated rings. The van der Waals surface area contributed by atoms with Crippen molar-refractivity contribution in [2.24, 2.45) is 0 Å². The summed E-state index contributed by atoms with van der Waals surface area (Å²) >= 11 is 3.58. The number of nitrogen functional groups attached to an aromatic ring is 1. The monoisotopic (exact) mass is 442 g/mol. The lowest BCUT2D eigenvalue weighted by Gasteiger charge is -2.43. The third-order valence-electron chi connectivity index (χ3n) is 5.48. The SMILES string of the molecule is COC(=O)c1cc(N)c(N2CCC[C@H](O[Si](C)(C)C(C)(C)C)C2)c(Br)c1. The molecule has 1 aromatic carbocycles. The van der Waals surface area contributed by atoms with E-state index in [2.05, 4.69) is 54.7 Å². The number of nitrogens with zero attached hydrogens (tertiary/aromatic N) is 1. The van der Waals surface area contributed by atoms with E-state index in [4.69, 9.17) is 14.9 Å². The maximum atomic E-state index is 11.8. The quantitative estimate of drug-likeness (QED) is 0.411. The Bertz CT molecular complexity index is 650. The molecule has 146 valence electrons. The topological polar surface area (TPSA) is 64.8 Å². The van der Waals surface area contributed by atoms with Crippen molar-refractivity contribution in [2.45, 2.75) is 57.8 Å². The third-order valence-corrected chi connectivity index (χ3v) is 10.6. The van der Waals surface area contributed by atoms with Crippen molar-refractivity contribution in [3.8, 4) is 0 Å². The molecule has 5 nitrogen and oxygen atoms in total. The molecule has 1 atom stereocenters. The predicted octanol–water partition coefficient (Wildman–Crippen LogP) is 4.81. The number of methoxy groups -OCH3 is 1. The molecule has 0 radical (unpaired) electrons. The molecule has 0 unspecified atom stereocenters. The number of nitrogens with two attached hydrogens (primary N) is 1. The van der Waals surface area contributed by atoms with Crippen LogP contribution in [0.25, 0.3) is 0 Å². The van der Waals surface area contributed by atoms with Gasteiger partial charge in [0, 0.05) is 17.6 Å². The van der Waals surface area contributed by atoms with Gasteiger partial charge in [0.15, 0.2) is 8.32 Å². The molecule has 1 heterocycles. The summed E-state index contributed by atoms with van der Waals surface area (Å²) in [6, 6.07) is 3.46. The number of ether oxygens (including phenoxy) is 1. The molecule has 0 amide bonds. The number of carbonyl (C=O) groups is 1. The minimum absolute atomic E-state index is 0.192. The van der Waals surface area contributed by atoms with Crippen LogP contribution >= 0.6 is 15.9 Å². The van der Waals surface area contributed by atoms with Gasteiger partial charge in [-0.05, 0) is 59.0 Å². The second-order valence-corrected chi connectivity index (χ2v) is 14.1. The lowest BCUT2D eigenvalue weighted by molar-refractivity contribution is 0.0600. The second-order valence-electron chi connectivity index (χ2n) is 8.48. The highest BCUT2D eigenvalue weighted by Gasteiger charge is 2.40. The highest BCUT2D eigenvalue weighted by Crippen LogP contribution is 2.40. The number of hydrogen-bond acceptors (Lipinski definition) is 5. The van der Waals surface area contributed by atoms with Crippen molar-refractivity contribution in [3.63, 3.8) is 0 Å². The average Bonchev–Trinajstić information content (AvgIpc) is 2.52. The molecule has 1 aliphatic heterocycles. The Kier molecular flexibility index (Phi) is 6.46. The van der Waals surface area contributed by atoms with Gasteiger partial charge in [-0.15, -0.1) is 0 Å². The Hall–Kier alpha value is -1.05. The van der Waals surface area contributed by atoms with Crippen LogP contribution in [0.1, 0.15) is 44.0 Å². The highest BCUT2D eigenvalue weighted by molar-refractivity contribution is 9.10. The van der Waals surface area contributed by atoms with Gasteiger partial charge in [0.05, 0.1) is 30.2 Å². The zero-order valence-corrected chi connectivity index (χ0v) is 19.3.